The van der Waals surface area contributed by atoms with E-state index in [1.54, 1.807) is 42.5 Å². The van der Waals surface area contributed by atoms with Crippen LogP contribution in [0, 0.1) is 0 Å². The van der Waals surface area contributed by atoms with Gasteiger partial charge in [-0.15, -0.1) is 0 Å². The van der Waals surface area contributed by atoms with Crippen molar-refractivity contribution in [3.8, 4) is 17.2 Å². The number of carbonyl (C=O) groups is 1. The van der Waals surface area contributed by atoms with E-state index < -0.39 is 25.9 Å². The van der Waals surface area contributed by atoms with Gasteiger partial charge in [-0.1, -0.05) is 37.8 Å². The molecule has 38 heavy (non-hydrogen) atoms. The number of nitrogens with one attached hydrogen (secondary N) is 1. The van der Waals surface area contributed by atoms with E-state index in [4.69, 9.17) is 14.2 Å². The molecule has 1 amide bonds. The minimum absolute atomic E-state index is 0.00682. The Morgan fingerprint density at radius 2 is 1.71 bits per heavy atom. The summed E-state index contributed by atoms with van der Waals surface area (Å²) in [6.45, 7) is 7.02. The summed E-state index contributed by atoms with van der Waals surface area (Å²) in [5, 5.41) is 2.44. The maximum Gasteiger partial charge on any atom is 0.418 e. The van der Waals surface area contributed by atoms with Gasteiger partial charge in [-0.2, -0.15) is 13.2 Å². The molecule has 0 saturated carbocycles. The number of rotatable bonds is 9. The first-order valence-corrected chi connectivity index (χ1v) is 15.6. The number of fused-ring (bicyclic) bond motifs is 1. The normalized spacial score (nSPS) is 11.9. The average Bonchev–Trinajstić information content (AvgIpc) is 3.23. The molecule has 4 rings (SSSR count). The predicted octanol–water partition coefficient (Wildman–Crippen LogP) is 7.77. The van der Waals surface area contributed by atoms with Crippen LogP contribution in [-0.4, -0.2) is 30.3 Å². The van der Waals surface area contributed by atoms with Crippen molar-refractivity contribution in [1.82, 2.24) is 9.55 Å². The molecular weight excluding hydrogens is 515 g/mol. The standard InChI is InChI=1S/C27H28F3N3O4Si/c1-38(2,3)16-15-35-18-33-17-22(27(28,29)30)24-23(13-14-31-25(24)33)36-21-11-9-19(10-12-21)32-26(34)37-20-7-5-4-6-8-20/h4-14,17H,15-16,18H2,1-3H3,(H,32,34). The Kier molecular flexibility index (Phi) is 8.07. The zero-order chi connectivity index (χ0) is 27.3. The largest absolute Gasteiger partial charge is 0.457 e. The predicted molar refractivity (Wildman–Crippen MR) is 141 cm³/mol. The van der Waals surface area contributed by atoms with Crippen molar-refractivity contribution in [2.24, 2.45) is 0 Å². The molecule has 2 heterocycles. The van der Waals surface area contributed by atoms with Crippen LogP contribution in [0.15, 0.2) is 73.1 Å². The van der Waals surface area contributed by atoms with Crippen LogP contribution in [0.25, 0.3) is 11.0 Å². The lowest BCUT2D eigenvalue weighted by molar-refractivity contribution is -0.136. The first-order chi connectivity index (χ1) is 18.0. The minimum Gasteiger partial charge on any atom is -0.457 e. The summed E-state index contributed by atoms with van der Waals surface area (Å²) in [5.74, 6) is 0.680. The molecule has 0 radical (unpaired) electrons. The summed E-state index contributed by atoms with van der Waals surface area (Å²) in [6, 6.07) is 17.0. The number of aromatic nitrogens is 2. The van der Waals surface area contributed by atoms with E-state index in [2.05, 4.69) is 29.9 Å². The highest BCUT2D eigenvalue weighted by molar-refractivity contribution is 6.76. The number of alkyl halides is 3. The second-order valence-electron chi connectivity index (χ2n) is 9.82. The molecule has 11 heteroatoms. The Hall–Kier alpha value is -3.83. The van der Waals surface area contributed by atoms with Gasteiger partial charge in [0.05, 0.1) is 10.9 Å². The molecule has 0 aliphatic rings. The van der Waals surface area contributed by atoms with E-state index >= 15 is 0 Å². The molecule has 0 saturated heterocycles. The van der Waals surface area contributed by atoms with E-state index in [-0.39, 0.29) is 29.3 Å². The number of hydrogen-bond acceptors (Lipinski definition) is 5. The third kappa shape index (κ3) is 7.14. The van der Waals surface area contributed by atoms with Crippen LogP contribution in [0.4, 0.5) is 23.7 Å². The Balaban J connectivity index is 1.50. The molecule has 0 spiro atoms. The molecule has 7 nitrogen and oxygen atoms in total. The van der Waals surface area contributed by atoms with Crippen LogP contribution in [-0.2, 0) is 17.6 Å². The lowest BCUT2D eigenvalue weighted by atomic mass is 10.2. The van der Waals surface area contributed by atoms with Gasteiger partial charge in [-0.25, -0.2) is 9.78 Å². The summed E-state index contributed by atoms with van der Waals surface area (Å²) in [6.07, 6.45) is -2.89. The molecule has 0 fully saturated rings. The molecule has 4 aromatic rings. The highest BCUT2D eigenvalue weighted by Gasteiger charge is 2.36. The Morgan fingerprint density at radius 1 is 1.00 bits per heavy atom. The van der Waals surface area contributed by atoms with E-state index in [1.165, 1.54) is 29.0 Å². The average molecular weight is 544 g/mol. The van der Waals surface area contributed by atoms with E-state index in [1.807, 2.05) is 0 Å². The van der Waals surface area contributed by atoms with Gasteiger partial charge in [0.25, 0.3) is 0 Å². The van der Waals surface area contributed by atoms with Crippen LogP contribution in [0.1, 0.15) is 5.56 Å². The fourth-order valence-corrected chi connectivity index (χ4v) is 4.35. The van der Waals surface area contributed by atoms with E-state index in [0.29, 0.717) is 18.0 Å². The van der Waals surface area contributed by atoms with Crippen LogP contribution in [0.3, 0.4) is 0 Å². The summed E-state index contributed by atoms with van der Waals surface area (Å²) >= 11 is 0. The van der Waals surface area contributed by atoms with Crippen molar-refractivity contribution >= 4 is 30.9 Å². The van der Waals surface area contributed by atoms with Crippen molar-refractivity contribution in [1.29, 1.82) is 0 Å². The molecular formula is C27H28F3N3O4Si. The smallest absolute Gasteiger partial charge is 0.418 e. The van der Waals surface area contributed by atoms with Gasteiger partial charge in [0.2, 0.25) is 0 Å². The summed E-state index contributed by atoms with van der Waals surface area (Å²) in [4.78, 5) is 16.3. The third-order valence-corrected chi connectivity index (χ3v) is 7.24. The summed E-state index contributed by atoms with van der Waals surface area (Å²) < 4.78 is 59.9. The summed E-state index contributed by atoms with van der Waals surface area (Å²) in [5.41, 5.74) is -0.313. The first-order valence-electron chi connectivity index (χ1n) is 11.9. The zero-order valence-electron chi connectivity index (χ0n) is 21.2. The van der Waals surface area contributed by atoms with Crippen molar-refractivity contribution in [3.63, 3.8) is 0 Å². The fraction of sp³-hybridized carbons (Fsp3) is 0.259. The minimum atomic E-state index is -4.62. The number of pyridine rings is 1. The molecule has 1 N–H and O–H groups in total. The Bertz CT molecular complexity index is 1390. The number of anilines is 1. The van der Waals surface area contributed by atoms with Gasteiger partial charge in [0, 0.05) is 32.8 Å². The van der Waals surface area contributed by atoms with Gasteiger partial charge in [-0.05, 0) is 48.5 Å². The lowest BCUT2D eigenvalue weighted by Gasteiger charge is -2.15. The van der Waals surface area contributed by atoms with Crippen LogP contribution < -0.4 is 14.8 Å². The topological polar surface area (TPSA) is 74.6 Å². The number of nitrogens with zero attached hydrogens (tertiary/aromatic N) is 2. The van der Waals surface area contributed by atoms with Crippen LogP contribution in [0.2, 0.25) is 25.7 Å². The van der Waals surface area contributed by atoms with Gasteiger partial charge in [-0.3, -0.25) is 5.32 Å². The van der Waals surface area contributed by atoms with Crippen LogP contribution >= 0.6 is 0 Å². The molecule has 0 unspecified atom stereocenters. The molecule has 0 atom stereocenters. The van der Waals surface area contributed by atoms with Crippen molar-refractivity contribution in [2.75, 3.05) is 11.9 Å². The molecule has 2 aromatic carbocycles. The fourth-order valence-electron chi connectivity index (χ4n) is 3.60. The molecule has 0 aliphatic carbocycles. The van der Waals surface area contributed by atoms with Crippen molar-refractivity contribution in [2.45, 2.75) is 38.6 Å². The van der Waals surface area contributed by atoms with Gasteiger partial charge in [0.15, 0.2) is 0 Å². The lowest BCUT2D eigenvalue weighted by Crippen LogP contribution is -2.22. The number of para-hydroxylation sites is 1. The molecule has 0 bridgehead atoms. The van der Waals surface area contributed by atoms with Crippen LogP contribution in [0.5, 0.6) is 17.2 Å². The highest BCUT2D eigenvalue weighted by Crippen LogP contribution is 2.41. The van der Waals surface area contributed by atoms with Gasteiger partial charge < -0.3 is 18.8 Å². The van der Waals surface area contributed by atoms with E-state index in [0.717, 1.165) is 12.2 Å². The Morgan fingerprint density at radius 3 is 2.37 bits per heavy atom. The number of ether oxygens (including phenoxy) is 3. The number of halogens is 3. The van der Waals surface area contributed by atoms with Gasteiger partial charge >= 0.3 is 12.3 Å². The second kappa shape index (κ2) is 11.3. The number of amides is 1. The maximum atomic E-state index is 13.9. The quantitative estimate of drug-likeness (QED) is 0.172. The molecule has 200 valence electrons. The number of carbonyl (C=O) groups excluding carboxylic acids is 1. The number of hydrogen-bond donors (Lipinski definition) is 1. The monoisotopic (exact) mass is 543 g/mol. The van der Waals surface area contributed by atoms with E-state index in [9.17, 15) is 18.0 Å². The zero-order valence-corrected chi connectivity index (χ0v) is 22.2. The van der Waals surface area contributed by atoms with Crippen molar-refractivity contribution in [3.05, 3.63) is 78.6 Å². The SMILES string of the molecule is C[Si](C)(C)CCOCn1cc(C(F)(F)F)c2c(Oc3ccc(NC(=O)Oc4ccccc4)cc3)ccnc21. The highest BCUT2D eigenvalue weighted by atomic mass is 28.3. The number of benzene rings is 2. The summed E-state index contributed by atoms with van der Waals surface area (Å²) in [7, 11) is -1.34. The third-order valence-electron chi connectivity index (χ3n) is 5.53. The molecule has 0 aliphatic heterocycles. The first kappa shape index (κ1) is 27.2. The Labute approximate surface area is 219 Å². The van der Waals surface area contributed by atoms with Crippen molar-refractivity contribution < 1.29 is 32.2 Å². The maximum absolute atomic E-state index is 13.9. The second-order valence-corrected chi connectivity index (χ2v) is 15.4. The van der Waals surface area contributed by atoms with Gasteiger partial charge in [0.1, 0.15) is 29.6 Å². The molecule has 2 aromatic heterocycles.